The summed E-state index contributed by atoms with van der Waals surface area (Å²) < 4.78 is 7.57. The number of para-hydroxylation sites is 2. The molecule has 1 aliphatic rings. The number of carbonyl (C=O) groups excluding carboxylic acids is 1. The number of fused-ring (bicyclic) bond motifs is 2. The number of pyridine rings is 1. The molecule has 0 spiro atoms. The van der Waals surface area contributed by atoms with Crippen molar-refractivity contribution >= 4 is 16.8 Å². The second-order valence-corrected chi connectivity index (χ2v) is 6.62. The third-order valence-corrected chi connectivity index (χ3v) is 4.74. The van der Waals surface area contributed by atoms with Gasteiger partial charge in [-0.25, -0.2) is 0 Å². The largest absolute Gasteiger partial charge is 0.493 e. The highest BCUT2D eigenvalue weighted by Crippen LogP contribution is 2.26. The van der Waals surface area contributed by atoms with Gasteiger partial charge >= 0.3 is 0 Å². The van der Waals surface area contributed by atoms with Gasteiger partial charge in [-0.05, 0) is 30.2 Å². The van der Waals surface area contributed by atoms with Crippen molar-refractivity contribution in [3.63, 3.8) is 0 Å². The fourth-order valence-electron chi connectivity index (χ4n) is 3.39. The van der Waals surface area contributed by atoms with Crippen LogP contribution in [0.4, 0.5) is 0 Å². The standard InChI is InChI=1S/C21H20N2O3/c24-19-9-10-23(18-7-3-2-6-17(18)19)13-21(25)22-12-15-11-16-5-1-4-8-20(16)26-14-15/h1-10,15H,11-14H2,(H,22,25). The van der Waals surface area contributed by atoms with E-state index in [1.54, 1.807) is 16.8 Å². The van der Waals surface area contributed by atoms with E-state index in [1.165, 1.54) is 11.6 Å². The summed E-state index contributed by atoms with van der Waals surface area (Å²) in [5.41, 5.74) is 1.92. The Kier molecular flexibility index (Phi) is 4.44. The Labute approximate surface area is 151 Å². The molecule has 2 heterocycles. The van der Waals surface area contributed by atoms with E-state index >= 15 is 0 Å². The normalized spacial score (nSPS) is 15.9. The Balaban J connectivity index is 1.40. The number of nitrogens with one attached hydrogen (secondary N) is 1. The lowest BCUT2D eigenvalue weighted by Gasteiger charge is -2.25. The lowest BCUT2D eigenvalue weighted by molar-refractivity contribution is -0.121. The zero-order chi connectivity index (χ0) is 17.9. The van der Waals surface area contributed by atoms with Crippen LogP contribution in [0.2, 0.25) is 0 Å². The Hall–Kier alpha value is -3.08. The lowest BCUT2D eigenvalue weighted by Crippen LogP contribution is -2.36. The number of hydrogen-bond donors (Lipinski definition) is 1. The molecule has 0 radical (unpaired) electrons. The molecule has 2 aromatic carbocycles. The van der Waals surface area contributed by atoms with Crippen LogP contribution in [0, 0.1) is 5.92 Å². The van der Waals surface area contributed by atoms with Crippen molar-refractivity contribution in [3.8, 4) is 5.75 Å². The van der Waals surface area contributed by atoms with Crippen LogP contribution in [0.25, 0.3) is 10.9 Å². The minimum atomic E-state index is -0.0716. The second kappa shape index (κ2) is 7.04. The first-order chi connectivity index (χ1) is 12.7. The minimum absolute atomic E-state index is 0.0322. The highest BCUT2D eigenvalue weighted by Gasteiger charge is 2.20. The molecule has 0 saturated carbocycles. The van der Waals surface area contributed by atoms with Gasteiger partial charge in [0.05, 0.1) is 12.1 Å². The molecule has 5 heteroatoms. The molecule has 3 aromatic rings. The monoisotopic (exact) mass is 348 g/mol. The van der Waals surface area contributed by atoms with Crippen LogP contribution in [0.1, 0.15) is 5.56 Å². The van der Waals surface area contributed by atoms with Crippen LogP contribution in [-0.4, -0.2) is 23.6 Å². The molecule has 1 unspecified atom stereocenters. The highest BCUT2D eigenvalue weighted by atomic mass is 16.5. The molecule has 5 nitrogen and oxygen atoms in total. The number of aromatic nitrogens is 1. The van der Waals surface area contributed by atoms with E-state index in [-0.39, 0.29) is 23.8 Å². The summed E-state index contributed by atoms with van der Waals surface area (Å²) in [5, 5.41) is 3.62. The molecule has 132 valence electrons. The Morgan fingerprint density at radius 3 is 2.85 bits per heavy atom. The van der Waals surface area contributed by atoms with Crippen LogP contribution >= 0.6 is 0 Å². The van der Waals surface area contributed by atoms with E-state index in [4.69, 9.17) is 4.74 Å². The summed E-state index contributed by atoms with van der Waals surface area (Å²) in [7, 11) is 0. The van der Waals surface area contributed by atoms with Crippen molar-refractivity contribution in [2.75, 3.05) is 13.2 Å². The summed E-state index contributed by atoms with van der Waals surface area (Å²) in [6, 6.07) is 16.9. The predicted molar refractivity (Wildman–Crippen MR) is 100 cm³/mol. The zero-order valence-electron chi connectivity index (χ0n) is 14.4. The maximum absolute atomic E-state index is 12.4. The summed E-state index contributed by atoms with van der Waals surface area (Å²) in [5.74, 6) is 1.13. The molecule has 1 aromatic heterocycles. The average Bonchev–Trinajstić information content (AvgIpc) is 2.68. The van der Waals surface area contributed by atoms with E-state index in [2.05, 4.69) is 11.4 Å². The Morgan fingerprint density at radius 1 is 1.12 bits per heavy atom. The number of hydrogen-bond acceptors (Lipinski definition) is 3. The number of amides is 1. The molecule has 1 atom stereocenters. The van der Waals surface area contributed by atoms with Gasteiger partial charge in [0.1, 0.15) is 12.3 Å². The lowest BCUT2D eigenvalue weighted by atomic mass is 9.97. The molecule has 0 aliphatic carbocycles. The Morgan fingerprint density at radius 2 is 1.92 bits per heavy atom. The number of nitrogens with zero attached hydrogens (tertiary/aromatic N) is 1. The van der Waals surface area contributed by atoms with E-state index in [0.717, 1.165) is 17.7 Å². The molecule has 1 aliphatic heterocycles. The maximum atomic E-state index is 12.4. The van der Waals surface area contributed by atoms with Crippen molar-refractivity contribution in [2.45, 2.75) is 13.0 Å². The summed E-state index contributed by atoms with van der Waals surface area (Å²) in [6.07, 6.45) is 2.57. The molecule has 0 saturated heterocycles. The number of benzene rings is 2. The molecule has 4 rings (SSSR count). The molecule has 0 fully saturated rings. The topological polar surface area (TPSA) is 60.3 Å². The first kappa shape index (κ1) is 16.4. The minimum Gasteiger partial charge on any atom is -0.493 e. The van der Waals surface area contributed by atoms with Gasteiger partial charge in [-0.1, -0.05) is 30.3 Å². The van der Waals surface area contributed by atoms with Crippen LogP contribution in [0.15, 0.2) is 65.6 Å². The van der Waals surface area contributed by atoms with Crippen molar-refractivity contribution < 1.29 is 9.53 Å². The molecule has 1 amide bonds. The van der Waals surface area contributed by atoms with Crippen molar-refractivity contribution in [1.82, 2.24) is 9.88 Å². The van der Waals surface area contributed by atoms with Gasteiger partial charge in [0, 0.05) is 30.1 Å². The summed E-state index contributed by atoms with van der Waals surface area (Å²) in [4.78, 5) is 24.3. The number of carbonyl (C=O) groups is 1. The summed E-state index contributed by atoms with van der Waals surface area (Å²) >= 11 is 0. The Bertz CT molecular complexity index is 1010. The van der Waals surface area contributed by atoms with Crippen molar-refractivity contribution in [3.05, 3.63) is 76.6 Å². The molecule has 0 bridgehead atoms. The van der Waals surface area contributed by atoms with E-state index in [9.17, 15) is 9.59 Å². The van der Waals surface area contributed by atoms with E-state index < -0.39 is 0 Å². The van der Waals surface area contributed by atoms with Gasteiger partial charge in [0.15, 0.2) is 5.43 Å². The third kappa shape index (κ3) is 3.33. The van der Waals surface area contributed by atoms with Crippen LogP contribution in [0.5, 0.6) is 5.75 Å². The van der Waals surface area contributed by atoms with Crippen LogP contribution in [0.3, 0.4) is 0 Å². The first-order valence-corrected chi connectivity index (χ1v) is 8.76. The highest BCUT2D eigenvalue weighted by molar-refractivity contribution is 5.82. The molecular weight excluding hydrogens is 328 g/mol. The number of rotatable bonds is 4. The second-order valence-electron chi connectivity index (χ2n) is 6.62. The zero-order valence-corrected chi connectivity index (χ0v) is 14.4. The fourth-order valence-corrected chi connectivity index (χ4v) is 3.39. The predicted octanol–water partition coefficient (Wildman–Crippen LogP) is 2.37. The smallest absolute Gasteiger partial charge is 0.239 e. The maximum Gasteiger partial charge on any atom is 0.239 e. The van der Waals surface area contributed by atoms with Crippen LogP contribution in [-0.2, 0) is 17.8 Å². The SMILES string of the molecule is O=C(Cn1ccc(=O)c2ccccc21)NCC1COc2ccccc2C1. The van der Waals surface area contributed by atoms with E-state index in [0.29, 0.717) is 18.5 Å². The number of ether oxygens (including phenoxy) is 1. The quantitative estimate of drug-likeness (QED) is 0.787. The van der Waals surface area contributed by atoms with Gasteiger partial charge in [0.25, 0.3) is 0 Å². The van der Waals surface area contributed by atoms with Gasteiger partial charge in [-0.3, -0.25) is 9.59 Å². The fraction of sp³-hybridized carbons (Fsp3) is 0.238. The van der Waals surface area contributed by atoms with Gasteiger partial charge in [-0.2, -0.15) is 0 Å². The third-order valence-electron chi connectivity index (χ3n) is 4.74. The van der Waals surface area contributed by atoms with Crippen molar-refractivity contribution in [2.24, 2.45) is 5.92 Å². The van der Waals surface area contributed by atoms with Gasteiger partial charge in [0.2, 0.25) is 5.91 Å². The summed E-state index contributed by atoms with van der Waals surface area (Å²) in [6.45, 7) is 1.37. The first-order valence-electron chi connectivity index (χ1n) is 8.76. The van der Waals surface area contributed by atoms with E-state index in [1.807, 2.05) is 36.4 Å². The van der Waals surface area contributed by atoms with Gasteiger partial charge in [-0.15, -0.1) is 0 Å². The average molecular weight is 348 g/mol. The molecular formula is C21H20N2O3. The molecule has 1 N–H and O–H groups in total. The van der Waals surface area contributed by atoms with Crippen LogP contribution < -0.4 is 15.5 Å². The molecule has 26 heavy (non-hydrogen) atoms. The van der Waals surface area contributed by atoms with Crippen molar-refractivity contribution in [1.29, 1.82) is 0 Å². The van der Waals surface area contributed by atoms with Gasteiger partial charge < -0.3 is 14.6 Å².